The maximum atomic E-state index is 13.4. The molecule has 0 spiro atoms. The first-order valence-electron chi connectivity index (χ1n) is 8.07. The first-order chi connectivity index (χ1) is 11.4. The van der Waals surface area contributed by atoms with Crippen molar-refractivity contribution in [1.29, 1.82) is 0 Å². The molecule has 0 N–H and O–H groups in total. The summed E-state index contributed by atoms with van der Waals surface area (Å²) in [5.41, 5.74) is 1.31. The van der Waals surface area contributed by atoms with Gasteiger partial charge in [0.05, 0.1) is 18.0 Å². The van der Waals surface area contributed by atoms with Crippen LogP contribution in [-0.4, -0.2) is 21.6 Å². The van der Waals surface area contributed by atoms with Gasteiger partial charge >= 0.3 is 0 Å². The number of rotatable bonds is 7. The maximum Gasteiger partial charge on any atom is 0.284 e. The SMILES string of the molecule is Cc1cc(-c2ccc(OCC(C)CC(C)C)c(C(F)F)n2)ncn1. The average Bonchev–Trinajstić information content (AvgIpc) is 2.52. The molecule has 2 heterocycles. The van der Waals surface area contributed by atoms with Crippen LogP contribution in [0.1, 0.15) is 45.0 Å². The Labute approximate surface area is 141 Å². The summed E-state index contributed by atoms with van der Waals surface area (Å²) in [6.45, 7) is 8.51. The number of nitrogens with zero attached hydrogens (tertiary/aromatic N) is 3. The van der Waals surface area contributed by atoms with Crippen molar-refractivity contribution >= 4 is 0 Å². The summed E-state index contributed by atoms with van der Waals surface area (Å²) in [5, 5.41) is 0. The highest BCUT2D eigenvalue weighted by atomic mass is 19.3. The number of aryl methyl sites for hydroxylation is 1. The van der Waals surface area contributed by atoms with Crippen molar-refractivity contribution in [2.24, 2.45) is 11.8 Å². The van der Waals surface area contributed by atoms with Crippen LogP contribution in [0.2, 0.25) is 0 Å². The fourth-order valence-electron chi connectivity index (χ4n) is 2.58. The third-order valence-corrected chi connectivity index (χ3v) is 3.56. The van der Waals surface area contributed by atoms with Crippen LogP contribution in [0.25, 0.3) is 11.4 Å². The summed E-state index contributed by atoms with van der Waals surface area (Å²) in [5.74, 6) is 0.967. The van der Waals surface area contributed by atoms with Crippen LogP contribution in [0, 0.1) is 18.8 Å². The van der Waals surface area contributed by atoms with Gasteiger partial charge in [-0.1, -0.05) is 20.8 Å². The number of hydrogen-bond donors (Lipinski definition) is 0. The zero-order valence-electron chi connectivity index (χ0n) is 14.5. The molecule has 0 saturated carbocycles. The minimum atomic E-state index is -2.71. The van der Waals surface area contributed by atoms with Crippen molar-refractivity contribution in [2.75, 3.05) is 6.61 Å². The van der Waals surface area contributed by atoms with Gasteiger partial charge in [-0.25, -0.2) is 23.7 Å². The lowest BCUT2D eigenvalue weighted by molar-refractivity contribution is 0.137. The van der Waals surface area contributed by atoms with Gasteiger partial charge in [0.1, 0.15) is 17.8 Å². The zero-order chi connectivity index (χ0) is 17.7. The summed E-state index contributed by atoms with van der Waals surface area (Å²) < 4.78 is 32.3. The van der Waals surface area contributed by atoms with Gasteiger partial charge in [0.25, 0.3) is 6.43 Å². The Bertz CT molecular complexity index is 677. The number of halogens is 2. The molecule has 0 saturated heterocycles. The molecule has 0 radical (unpaired) electrons. The molecule has 0 amide bonds. The highest BCUT2D eigenvalue weighted by Gasteiger charge is 2.19. The van der Waals surface area contributed by atoms with E-state index >= 15 is 0 Å². The van der Waals surface area contributed by atoms with Crippen LogP contribution in [0.4, 0.5) is 8.78 Å². The largest absolute Gasteiger partial charge is 0.491 e. The van der Waals surface area contributed by atoms with Crippen molar-refractivity contribution < 1.29 is 13.5 Å². The van der Waals surface area contributed by atoms with E-state index in [0.29, 0.717) is 29.8 Å². The normalized spacial score (nSPS) is 12.7. The molecule has 0 aliphatic heterocycles. The summed E-state index contributed by atoms with van der Waals surface area (Å²) in [6, 6.07) is 4.91. The molecule has 0 aliphatic rings. The van der Waals surface area contributed by atoms with E-state index in [1.807, 2.05) is 13.8 Å². The molecule has 130 valence electrons. The van der Waals surface area contributed by atoms with Gasteiger partial charge in [-0.3, -0.25) is 0 Å². The lowest BCUT2D eigenvalue weighted by Gasteiger charge is -2.17. The van der Waals surface area contributed by atoms with E-state index in [1.54, 1.807) is 18.2 Å². The van der Waals surface area contributed by atoms with E-state index in [2.05, 4.69) is 28.8 Å². The monoisotopic (exact) mass is 335 g/mol. The fraction of sp³-hybridized carbons (Fsp3) is 0.500. The predicted octanol–water partition coefficient (Wildman–Crippen LogP) is 4.85. The molecular formula is C18H23F2N3O. The molecular weight excluding hydrogens is 312 g/mol. The predicted molar refractivity (Wildman–Crippen MR) is 89.1 cm³/mol. The zero-order valence-corrected chi connectivity index (χ0v) is 14.5. The lowest BCUT2D eigenvalue weighted by atomic mass is 10.00. The average molecular weight is 335 g/mol. The van der Waals surface area contributed by atoms with E-state index in [1.165, 1.54) is 6.33 Å². The van der Waals surface area contributed by atoms with Gasteiger partial charge in [0.15, 0.2) is 0 Å². The third kappa shape index (κ3) is 4.94. The highest BCUT2D eigenvalue weighted by molar-refractivity contribution is 5.55. The van der Waals surface area contributed by atoms with E-state index in [-0.39, 0.29) is 11.4 Å². The van der Waals surface area contributed by atoms with E-state index in [0.717, 1.165) is 12.1 Å². The van der Waals surface area contributed by atoms with Crippen molar-refractivity contribution in [2.45, 2.75) is 40.5 Å². The quantitative estimate of drug-likeness (QED) is 0.726. The fourth-order valence-corrected chi connectivity index (χ4v) is 2.58. The third-order valence-electron chi connectivity index (χ3n) is 3.56. The minimum Gasteiger partial charge on any atom is -0.491 e. The van der Waals surface area contributed by atoms with Gasteiger partial charge in [-0.15, -0.1) is 0 Å². The second-order valence-electron chi connectivity index (χ2n) is 6.47. The molecule has 24 heavy (non-hydrogen) atoms. The van der Waals surface area contributed by atoms with E-state index in [4.69, 9.17) is 4.74 Å². The van der Waals surface area contributed by atoms with E-state index < -0.39 is 6.43 Å². The minimum absolute atomic E-state index is 0.134. The molecule has 1 atom stereocenters. The Morgan fingerprint density at radius 2 is 1.83 bits per heavy atom. The van der Waals surface area contributed by atoms with Gasteiger partial charge in [-0.05, 0) is 43.4 Å². The van der Waals surface area contributed by atoms with Gasteiger partial charge in [0.2, 0.25) is 0 Å². The molecule has 0 fully saturated rings. The molecule has 0 bridgehead atoms. The van der Waals surface area contributed by atoms with Crippen LogP contribution in [0.3, 0.4) is 0 Å². The van der Waals surface area contributed by atoms with E-state index in [9.17, 15) is 8.78 Å². The number of ether oxygens (including phenoxy) is 1. The summed E-state index contributed by atoms with van der Waals surface area (Å²) >= 11 is 0. The Morgan fingerprint density at radius 3 is 2.46 bits per heavy atom. The van der Waals surface area contributed by atoms with Crippen LogP contribution in [0.15, 0.2) is 24.5 Å². The molecule has 0 aromatic carbocycles. The van der Waals surface area contributed by atoms with Crippen molar-refractivity contribution in [1.82, 2.24) is 15.0 Å². The second kappa shape index (κ2) is 8.13. The molecule has 0 aliphatic carbocycles. The van der Waals surface area contributed by atoms with Crippen LogP contribution >= 0.6 is 0 Å². The van der Waals surface area contributed by atoms with Crippen LogP contribution in [0.5, 0.6) is 5.75 Å². The van der Waals surface area contributed by atoms with Gasteiger partial charge in [-0.2, -0.15) is 0 Å². The molecule has 4 nitrogen and oxygen atoms in total. The first-order valence-corrected chi connectivity index (χ1v) is 8.07. The molecule has 2 aromatic rings. The smallest absolute Gasteiger partial charge is 0.284 e. The van der Waals surface area contributed by atoms with Gasteiger partial charge < -0.3 is 4.74 Å². The highest BCUT2D eigenvalue weighted by Crippen LogP contribution is 2.30. The molecule has 2 rings (SSSR count). The topological polar surface area (TPSA) is 47.9 Å². The van der Waals surface area contributed by atoms with Crippen molar-refractivity contribution in [3.63, 3.8) is 0 Å². The Balaban J connectivity index is 2.21. The van der Waals surface area contributed by atoms with Crippen LogP contribution < -0.4 is 4.74 Å². The molecule has 1 unspecified atom stereocenters. The Morgan fingerprint density at radius 1 is 1.08 bits per heavy atom. The van der Waals surface area contributed by atoms with Crippen LogP contribution in [-0.2, 0) is 0 Å². The molecule has 2 aromatic heterocycles. The Hall–Kier alpha value is -2.11. The van der Waals surface area contributed by atoms with Crippen molar-refractivity contribution in [3.05, 3.63) is 35.9 Å². The molecule has 6 heteroatoms. The number of alkyl halides is 2. The first kappa shape index (κ1) is 18.2. The number of aromatic nitrogens is 3. The maximum absolute atomic E-state index is 13.4. The van der Waals surface area contributed by atoms with Crippen molar-refractivity contribution in [3.8, 4) is 17.1 Å². The lowest BCUT2D eigenvalue weighted by Crippen LogP contribution is -2.12. The number of hydrogen-bond acceptors (Lipinski definition) is 4. The second-order valence-corrected chi connectivity index (χ2v) is 6.47. The van der Waals surface area contributed by atoms with Gasteiger partial charge in [0, 0.05) is 5.69 Å². The standard InChI is InChI=1S/C18H23F2N3O/c1-11(2)7-12(3)9-24-16-6-5-14(23-17(16)18(19)20)15-8-13(4)21-10-22-15/h5-6,8,10-12,18H,7,9H2,1-4H3. The number of pyridine rings is 1. The summed E-state index contributed by atoms with van der Waals surface area (Å²) in [4.78, 5) is 12.1. The summed E-state index contributed by atoms with van der Waals surface area (Å²) in [7, 11) is 0. The summed E-state index contributed by atoms with van der Waals surface area (Å²) in [6.07, 6.45) is -0.328. The Kier molecular flexibility index (Phi) is 6.17.